The largest absolute Gasteiger partial charge is 0.309 e. The van der Waals surface area contributed by atoms with E-state index in [1.54, 1.807) is 0 Å². The van der Waals surface area contributed by atoms with Crippen LogP contribution in [0.25, 0.3) is 115 Å². The van der Waals surface area contributed by atoms with E-state index in [0.717, 1.165) is 27.7 Å². The van der Waals surface area contributed by atoms with Crippen LogP contribution in [0.1, 0.15) is 25.0 Å². The Hall–Kier alpha value is -7.62. The molecular weight excluding hydrogens is 727 g/mol. The summed E-state index contributed by atoms with van der Waals surface area (Å²) in [5.41, 5.74) is 16.7. The molecule has 0 saturated heterocycles. The summed E-state index contributed by atoms with van der Waals surface area (Å²) in [4.78, 5) is 9.64. The van der Waals surface area contributed by atoms with Gasteiger partial charge in [0.15, 0.2) is 0 Å². The summed E-state index contributed by atoms with van der Waals surface area (Å²) in [6.45, 7) is 4.80. The van der Waals surface area contributed by atoms with Gasteiger partial charge in [0.05, 0.1) is 22.2 Å². The van der Waals surface area contributed by atoms with E-state index in [1.807, 2.05) is 24.5 Å². The van der Waals surface area contributed by atoms with Gasteiger partial charge in [0.25, 0.3) is 0 Å². The van der Waals surface area contributed by atoms with Crippen LogP contribution in [-0.4, -0.2) is 14.5 Å². The Balaban J connectivity index is 0.929. The lowest BCUT2D eigenvalue weighted by Gasteiger charge is -2.23. The van der Waals surface area contributed by atoms with Gasteiger partial charge in [0.2, 0.25) is 0 Å². The molecule has 0 radical (unpaired) electrons. The number of benzene rings is 9. The molecule has 1 aliphatic carbocycles. The molecule has 60 heavy (non-hydrogen) atoms. The second-order valence-corrected chi connectivity index (χ2v) is 17.0. The van der Waals surface area contributed by atoms with Crippen molar-refractivity contribution in [3.63, 3.8) is 0 Å². The summed E-state index contributed by atoms with van der Waals surface area (Å²) in [6.07, 6.45) is 3.94. The number of hydrogen-bond acceptors (Lipinski definition) is 2. The van der Waals surface area contributed by atoms with Crippen molar-refractivity contribution >= 4 is 65.0 Å². The zero-order valence-electron chi connectivity index (χ0n) is 33.2. The number of pyridine rings is 2. The summed E-state index contributed by atoms with van der Waals surface area (Å²) in [6, 6.07) is 64.7. The maximum absolute atomic E-state index is 4.96. The van der Waals surface area contributed by atoms with Crippen LogP contribution in [0.2, 0.25) is 0 Å². The number of rotatable bonds is 4. The van der Waals surface area contributed by atoms with Gasteiger partial charge in [-0.25, -0.2) is 0 Å². The lowest BCUT2D eigenvalue weighted by Crippen LogP contribution is -2.15. The van der Waals surface area contributed by atoms with E-state index in [9.17, 15) is 0 Å². The summed E-state index contributed by atoms with van der Waals surface area (Å²) in [5, 5.41) is 11.4. The van der Waals surface area contributed by atoms with Crippen molar-refractivity contribution < 1.29 is 0 Å². The summed E-state index contributed by atoms with van der Waals surface area (Å²) >= 11 is 0. The zero-order valence-corrected chi connectivity index (χ0v) is 33.2. The van der Waals surface area contributed by atoms with Crippen LogP contribution in [0.4, 0.5) is 0 Å². The molecular formula is C57H37N3. The Labute approximate surface area is 347 Å². The predicted octanol–water partition coefficient (Wildman–Crippen LogP) is 14.9. The van der Waals surface area contributed by atoms with Crippen LogP contribution in [0.5, 0.6) is 0 Å². The van der Waals surface area contributed by atoms with Gasteiger partial charge >= 0.3 is 0 Å². The highest BCUT2D eigenvalue weighted by Crippen LogP contribution is 2.55. The third kappa shape index (κ3) is 4.66. The molecule has 0 fully saturated rings. The fourth-order valence-electron chi connectivity index (χ4n) is 10.5. The highest BCUT2D eigenvalue weighted by atomic mass is 15.0. The van der Waals surface area contributed by atoms with E-state index < -0.39 is 0 Å². The van der Waals surface area contributed by atoms with Crippen molar-refractivity contribution in [1.29, 1.82) is 0 Å². The van der Waals surface area contributed by atoms with E-state index in [-0.39, 0.29) is 5.41 Å². The Morgan fingerprint density at radius 2 is 1.12 bits per heavy atom. The molecule has 13 rings (SSSR count). The molecule has 9 aromatic carbocycles. The van der Waals surface area contributed by atoms with Gasteiger partial charge < -0.3 is 4.57 Å². The predicted molar refractivity (Wildman–Crippen MR) is 251 cm³/mol. The molecule has 1 aliphatic rings. The van der Waals surface area contributed by atoms with Crippen LogP contribution >= 0.6 is 0 Å². The highest BCUT2D eigenvalue weighted by Gasteiger charge is 2.37. The second-order valence-electron chi connectivity index (χ2n) is 17.0. The molecule has 3 aromatic heterocycles. The minimum Gasteiger partial charge on any atom is -0.309 e. The molecule has 0 N–H and O–H groups in total. The third-order valence-electron chi connectivity index (χ3n) is 13.4. The number of fused-ring (bicyclic) bond motifs is 8. The molecule has 0 unspecified atom stereocenters. The van der Waals surface area contributed by atoms with Crippen LogP contribution in [0, 0.1) is 0 Å². The van der Waals surface area contributed by atoms with Crippen LogP contribution in [-0.2, 0) is 5.41 Å². The van der Waals surface area contributed by atoms with Crippen LogP contribution < -0.4 is 0 Å². The summed E-state index contributed by atoms with van der Waals surface area (Å²) in [7, 11) is 0. The van der Waals surface area contributed by atoms with E-state index in [4.69, 9.17) is 4.98 Å². The summed E-state index contributed by atoms with van der Waals surface area (Å²) < 4.78 is 2.39. The Morgan fingerprint density at radius 1 is 0.417 bits per heavy atom. The molecule has 0 saturated carbocycles. The van der Waals surface area contributed by atoms with E-state index in [2.05, 4.69) is 187 Å². The van der Waals surface area contributed by atoms with Gasteiger partial charge in [0, 0.05) is 50.8 Å². The van der Waals surface area contributed by atoms with Crippen molar-refractivity contribution in [3.05, 3.63) is 199 Å². The van der Waals surface area contributed by atoms with Crippen molar-refractivity contribution in [1.82, 2.24) is 14.5 Å². The maximum atomic E-state index is 4.96. The van der Waals surface area contributed by atoms with Gasteiger partial charge in [-0.05, 0) is 132 Å². The minimum absolute atomic E-state index is 0.169. The Kier molecular flexibility index (Phi) is 6.78. The smallest absolute Gasteiger partial charge is 0.0718 e. The first-order chi connectivity index (χ1) is 29.5. The molecule has 0 amide bonds. The zero-order chi connectivity index (χ0) is 39.7. The first-order valence-electron chi connectivity index (χ1n) is 20.8. The van der Waals surface area contributed by atoms with E-state index in [0.29, 0.717) is 0 Å². The first-order valence-corrected chi connectivity index (χ1v) is 20.8. The normalized spacial score (nSPS) is 13.3. The lowest BCUT2D eigenvalue weighted by atomic mass is 9.80. The Morgan fingerprint density at radius 3 is 2.02 bits per heavy atom. The molecule has 0 spiro atoms. The molecule has 3 heterocycles. The van der Waals surface area contributed by atoms with Gasteiger partial charge in [-0.15, -0.1) is 0 Å². The lowest BCUT2D eigenvalue weighted by molar-refractivity contribution is 0.661. The first kappa shape index (κ1) is 33.4. The quantitative estimate of drug-likeness (QED) is 0.167. The summed E-state index contributed by atoms with van der Waals surface area (Å²) in [5.74, 6) is 0. The molecule has 280 valence electrons. The molecule has 3 nitrogen and oxygen atoms in total. The SMILES string of the molecule is CC1(C)c2cc(-c3ccc4c(c3)c3ccccc3n4-c3ccccc3)ccc2-c2c1cc1ccc3c(-c4ccc(-c5cnc6ccccc6c5)nc4)ccc4ccc2c1c43. The van der Waals surface area contributed by atoms with Crippen LogP contribution in [0.3, 0.4) is 0 Å². The topological polar surface area (TPSA) is 30.7 Å². The van der Waals surface area contributed by atoms with E-state index >= 15 is 0 Å². The van der Waals surface area contributed by atoms with Crippen molar-refractivity contribution in [3.8, 4) is 50.3 Å². The molecule has 0 bridgehead atoms. The molecule has 0 atom stereocenters. The van der Waals surface area contributed by atoms with Gasteiger partial charge in [-0.3, -0.25) is 9.97 Å². The number of nitrogens with zero attached hydrogens (tertiary/aromatic N) is 3. The second kappa shape index (κ2) is 12.2. The minimum atomic E-state index is -0.169. The average Bonchev–Trinajstić information content (AvgIpc) is 3.75. The fraction of sp³-hybridized carbons (Fsp3) is 0.0526. The Bertz CT molecular complexity index is 3720. The molecule has 12 aromatic rings. The fourth-order valence-corrected chi connectivity index (χ4v) is 10.5. The highest BCUT2D eigenvalue weighted by molar-refractivity contribution is 6.28. The molecule has 0 aliphatic heterocycles. The number of hydrogen-bond donors (Lipinski definition) is 0. The van der Waals surface area contributed by atoms with Gasteiger partial charge in [-0.1, -0.05) is 129 Å². The number of para-hydroxylation sites is 3. The van der Waals surface area contributed by atoms with Crippen molar-refractivity contribution in [2.45, 2.75) is 19.3 Å². The van der Waals surface area contributed by atoms with Gasteiger partial charge in [0.1, 0.15) is 0 Å². The maximum Gasteiger partial charge on any atom is 0.0718 e. The van der Waals surface area contributed by atoms with Gasteiger partial charge in [-0.2, -0.15) is 0 Å². The average molecular weight is 764 g/mol. The standard InChI is InChI=1S/C57H37N3/c1-57(2)48-30-36(35-21-27-53-47(29-35)43-13-7-9-15-52(43)60(53)41-11-4-3-5-12-41)18-24-45(48)56-46-25-17-34-16-22-42(44-23-19-38(31-49(56)57)55(46)54(34)44)39-20-26-51(58-32-39)40-28-37-10-6-8-14-50(37)59-33-40/h3-33H,1-2H3. The molecule has 3 heteroatoms. The number of aromatic nitrogens is 3. The third-order valence-corrected chi connectivity index (χ3v) is 13.4. The monoisotopic (exact) mass is 763 g/mol. The van der Waals surface area contributed by atoms with Crippen molar-refractivity contribution in [2.24, 2.45) is 0 Å². The van der Waals surface area contributed by atoms with Crippen LogP contribution in [0.15, 0.2) is 188 Å². The van der Waals surface area contributed by atoms with Crippen molar-refractivity contribution in [2.75, 3.05) is 0 Å². The van der Waals surface area contributed by atoms with E-state index in [1.165, 1.54) is 98.8 Å².